The van der Waals surface area contributed by atoms with Gasteiger partial charge in [-0.15, -0.1) is 0 Å². The van der Waals surface area contributed by atoms with Gasteiger partial charge in [-0.05, 0) is 31.0 Å². The third-order valence-electron chi connectivity index (χ3n) is 2.86. The minimum absolute atomic E-state index is 0.184. The van der Waals surface area contributed by atoms with Crippen LogP contribution in [0.4, 0.5) is 0 Å². The van der Waals surface area contributed by atoms with Crippen LogP contribution in [0.2, 0.25) is 5.02 Å². The fourth-order valence-electron chi connectivity index (χ4n) is 1.28. The fraction of sp³-hybridized carbons (Fsp3) is 0.462. The van der Waals surface area contributed by atoms with E-state index in [-0.39, 0.29) is 11.3 Å². The number of nitrogens with one attached hydrogen (secondary N) is 1. The van der Waals surface area contributed by atoms with Crippen LogP contribution in [0, 0.1) is 17.7 Å². The van der Waals surface area contributed by atoms with Crippen LogP contribution in [-0.2, 0) is 0 Å². The van der Waals surface area contributed by atoms with Crippen LogP contribution < -0.4 is 10.5 Å². The summed E-state index contributed by atoms with van der Waals surface area (Å²) in [4.78, 5) is 0. The quantitative estimate of drug-likeness (QED) is 0.625. The number of nitrogens with two attached hydrogens (primary N) is 1. The third-order valence-corrected chi connectivity index (χ3v) is 3.10. The van der Waals surface area contributed by atoms with Gasteiger partial charge in [0.2, 0.25) is 0 Å². The molecule has 0 unspecified atom stereocenters. The van der Waals surface area contributed by atoms with Crippen LogP contribution >= 0.6 is 11.6 Å². The maximum absolute atomic E-state index is 7.46. The maximum Gasteiger partial charge on any atom is 0.123 e. The largest absolute Gasteiger partial charge is 0.493 e. The lowest BCUT2D eigenvalue weighted by molar-refractivity contribution is 0.267. The van der Waals surface area contributed by atoms with Crippen molar-refractivity contribution in [3.63, 3.8) is 0 Å². The lowest BCUT2D eigenvalue weighted by atomic mass is 9.88. The fourth-order valence-corrected chi connectivity index (χ4v) is 1.44. The molecule has 0 spiro atoms. The van der Waals surface area contributed by atoms with Crippen LogP contribution in [0.15, 0.2) is 18.2 Å². The highest BCUT2D eigenvalue weighted by molar-refractivity contribution is 6.30. The summed E-state index contributed by atoms with van der Waals surface area (Å²) < 4.78 is 5.67. The first-order chi connectivity index (χ1) is 7.83. The van der Waals surface area contributed by atoms with Gasteiger partial charge >= 0.3 is 0 Å². The molecule has 0 aliphatic rings. The molecule has 4 heteroatoms. The van der Waals surface area contributed by atoms with Gasteiger partial charge in [0.25, 0.3) is 0 Å². The number of hydrogen-bond acceptors (Lipinski definition) is 2. The summed E-state index contributed by atoms with van der Waals surface area (Å²) in [5.41, 5.74) is 6.23. The zero-order valence-corrected chi connectivity index (χ0v) is 11.3. The Bertz CT molecular complexity index is 416. The summed E-state index contributed by atoms with van der Waals surface area (Å²) in [6.07, 6.45) is 0.703. The number of halogens is 1. The predicted octanol–water partition coefficient (Wildman–Crippen LogP) is 3.38. The topological polar surface area (TPSA) is 59.1 Å². The molecule has 1 aromatic rings. The zero-order valence-electron chi connectivity index (χ0n) is 10.5. The van der Waals surface area contributed by atoms with Crippen molar-refractivity contribution < 1.29 is 4.74 Å². The lowest BCUT2D eigenvalue weighted by Gasteiger charge is -2.23. The summed E-state index contributed by atoms with van der Waals surface area (Å²) in [6, 6.07) is 5.56. The van der Waals surface area contributed by atoms with Gasteiger partial charge in [-0.1, -0.05) is 31.5 Å². The van der Waals surface area contributed by atoms with Crippen molar-refractivity contribution in [2.75, 3.05) is 6.61 Å². The Kier molecular flexibility index (Phi) is 4.40. The molecule has 1 aromatic carbocycles. The molecule has 0 aromatic heterocycles. The van der Waals surface area contributed by atoms with Crippen molar-refractivity contribution >= 4 is 17.4 Å². The molecule has 3 nitrogen and oxygen atoms in total. The van der Waals surface area contributed by atoms with Crippen LogP contribution in [-0.4, -0.2) is 12.4 Å². The van der Waals surface area contributed by atoms with E-state index in [1.165, 1.54) is 0 Å². The van der Waals surface area contributed by atoms with E-state index < -0.39 is 0 Å². The van der Waals surface area contributed by atoms with Gasteiger partial charge in [0, 0.05) is 10.4 Å². The first kappa shape index (κ1) is 13.8. The Hall–Kier alpha value is -1.22. The standard InChI is InChI=1S/C13H19ClN2O/c1-9-4-5-10(14)8-11(9)17-7-6-13(2,3)12(15)16/h4-5,8H,6-7H2,1-3H3,(H3,15,16). The normalized spacial score (nSPS) is 11.3. The minimum atomic E-state index is -0.327. The van der Waals surface area contributed by atoms with Crippen molar-refractivity contribution in [3.05, 3.63) is 28.8 Å². The van der Waals surface area contributed by atoms with Gasteiger partial charge in [-0.2, -0.15) is 0 Å². The van der Waals surface area contributed by atoms with Crippen molar-refractivity contribution in [1.29, 1.82) is 5.41 Å². The summed E-state index contributed by atoms with van der Waals surface area (Å²) in [5.74, 6) is 0.973. The van der Waals surface area contributed by atoms with Gasteiger partial charge < -0.3 is 10.5 Å². The highest BCUT2D eigenvalue weighted by Crippen LogP contribution is 2.24. The molecule has 0 saturated carbocycles. The van der Waals surface area contributed by atoms with Crippen LogP contribution in [0.1, 0.15) is 25.8 Å². The summed E-state index contributed by atoms with van der Waals surface area (Å²) in [7, 11) is 0. The monoisotopic (exact) mass is 254 g/mol. The van der Waals surface area contributed by atoms with Gasteiger partial charge in [-0.3, -0.25) is 5.41 Å². The Morgan fingerprint density at radius 3 is 2.71 bits per heavy atom. The number of amidine groups is 1. The van der Waals surface area contributed by atoms with Crippen molar-refractivity contribution in [3.8, 4) is 5.75 Å². The summed E-state index contributed by atoms with van der Waals surface area (Å²) in [6.45, 7) is 6.36. The summed E-state index contributed by atoms with van der Waals surface area (Å²) >= 11 is 5.90. The Morgan fingerprint density at radius 2 is 2.12 bits per heavy atom. The first-order valence-electron chi connectivity index (χ1n) is 5.56. The van der Waals surface area contributed by atoms with Gasteiger partial charge in [0.15, 0.2) is 0 Å². The van der Waals surface area contributed by atoms with Crippen molar-refractivity contribution in [2.24, 2.45) is 11.1 Å². The number of aryl methyl sites for hydroxylation is 1. The molecule has 0 saturated heterocycles. The molecule has 0 radical (unpaired) electrons. The summed E-state index contributed by atoms with van der Waals surface area (Å²) in [5, 5.41) is 8.12. The molecule has 0 bridgehead atoms. The van der Waals surface area contributed by atoms with E-state index in [0.29, 0.717) is 18.1 Å². The molecule has 17 heavy (non-hydrogen) atoms. The molecular formula is C13H19ClN2O. The third kappa shape index (κ3) is 3.93. The van der Waals surface area contributed by atoms with E-state index in [4.69, 9.17) is 27.5 Å². The number of hydrogen-bond donors (Lipinski definition) is 2. The average molecular weight is 255 g/mol. The Morgan fingerprint density at radius 1 is 1.47 bits per heavy atom. The van der Waals surface area contributed by atoms with Crippen molar-refractivity contribution in [1.82, 2.24) is 0 Å². The molecule has 1 rings (SSSR count). The van der Waals surface area contributed by atoms with Gasteiger partial charge in [0.05, 0.1) is 12.4 Å². The Labute approximate surface area is 107 Å². The second-order valence-electron chi connectivity index (χ2n) is 4.81. The molecule has 0 aliphatic heterocycles. The molecule has 0 aliphatic carbocycles. The number of benzene rings is 1. The molecule has 3 N–H and O–H groups in total. The van der Waals surface area contributed by atoms with E-state index >= 15 is 0 Å². The molecule has 0 amide bonds. The number of rotatable bonds is 5. The smallest absolute Gasteiger partial charge is 0.123 e. The lowest BCUT2D eigenvalue weighted by Crippen LogP contribution is -2.32. The van der Waals surface area contributed by atoms with Gasteiger partial charge in [-0.25, -0.2) is 0 Å². The average Bonchev–Trinajstić information content (AvgIpc) is 2.22. The second-order valence-corrected chi connectivity index (χ2v) is 5.24. The highest BCUT2D eigenvalue weighted by Gasteiger charge is 2.21. The highest BCUT2D eigenvalue weighted by atomic mass is 35.5. The van der Waals surface area contributed by atoms with E-state index in [1.54, 1.807) is 6.07 Å². The van der Waals surface area contributed by atoms with E-state index in [0.717, 1.165) is 11.3 Å². The van der Waals surface area contributed by atoms with E-state index in [9.17, 15) is 0 Å². The Balaban J connectivity index is 2.57. The predicted molar refractivity (Wildman–Crippen MR) is 72.0 cm³/mol. The van der Waals surface area contributed by atoms with Gasteiger partial charge in [0.1, 0.15) is 5.75 Å². The minimum Gasteiger partial charge on any atom is -0.493 e. The number of ether oxygens (including phenoxy) is 1. The molecule has 94 valence electrons. The maximum atomic E-state index is 7.46. The zero-order chi connectivity index (χ0) is 13.1. The first-order valence-corrected chi connectivity index (χ1v) is 5.94. The molecule has 0 fully saturated rings. The van der Waals surface area contributed by atoms with Crippen LogP contribution in [0.3, 0.4) is 0 Å². The SMILES string of the molecule is Cc1ccc(Cl)cc1OCCC(C)(C)C(=N)N. The van der Waals surface area contributed by atoms with Crippen LogP contribution in [0.5, 0.6) is 5.75 Å². The second kappa shape index (κ2) is 5.41. The van der Waals surface area contributed by atoms with Crippen LogP contribution in [0.25, 0.3) is 0 Å². The molecular weight excluding hydrogens is 236 g/mol. The molecule has 0 atom stereocenters. The van der Waals surface area contributed by atoms with E-state index in [2.05, 4.69) is 0 Å². The molecule has 0 heterocycles. The van der Waals surface area contributed by atoms with E-state index in [1.807, 2.05) is 32.9 Å². The van der Waals surface area contributed by atoms with Crippen molar-refractivity contribution in [2.45, 2.75) is 27.2 Å².